The number of hydrogen-bond donors (Lipinski definition) is 1. The fourth-order valence-electron chi connectivity index (χ4n) is 1.45. The average Bonchev–Trinajstić information content (AvgIpc) is 2.29. The van der Waals surface area contributed by atoms with E-state index in [4.69, 9.17) is 5.26 Å². The molecule has 0 aliphatic carbocycles. The summed E-state index contributed by atoms with van der Waals surface area (Å²) in [5, 5.41) is 19.1. The Balaban J connectivity index is 2.95. The van der Waals surface area contributed by atoms with Crippen LogP contribution in [0.4, 0.5) is 0 Å². The highest BCUT2D eigenvalue weighted by atomic mass is 16.3. The number of carbonyl (C=O) groups excluding carboxylic acids is 1. The minimum absolute atomic E-state index is 0.0890. The molecule has 0 saturated carbocycles. The predicted molar refractivity (Wildman–Crippen MR) is 55.9 cm³/mol. The van der Waals surface area contributed by atoms with E-state index in [9.17, 15) is 9.90 Å². The normalized spacial score (nSPS) is 10.0. The van der Waals surface area contributed by atoms with Crippen molar-refractivity contribution in [3.63, 3.8) is 0 Å². The lowest BCUT2D eigenvalue weighted by molar-refractivity contribution is 0.101. The summed E-state index contributed by atoms with van der Waals surface area (Å²) in [5.74, 6) is -0.677. The molecule has 0 bridgehead atoms. The molecule has 5 heteroatoms. The summed E-state index contributed by atoms with van der Waals surface area (Å²) in [6.07, 6.45) is 1.48. The smallest absolute Gasteiger partial charge is 0.182 e. The van der Waals surface area contributed by atoms with Gasteiger partial charge >= 0.3 is 0 Å². The van der Waals surface area contributed by atoms with Crippen molar-refractivity contribution in [2.75, 3.05) is 0 Å². The summed E-state index contributed by atoms with van der Waals surface area (Å²) in [6.45, 7) is 1.28. The van der Waals surface area contributed by atoms with Gasteiger partial charge in [0.2, 0.25) is 0 Å². The molecule has 2 rings (SSSR count). The van der Waals surface area contributed by atoms with Gasteiger partial charge in [-0.2, -0.15) is 5.26 Å². The average molecular weight is 213 g/mol. The second-order valence-corrected chi connectivity index (χ2v) is 3.23. The first-order valence-electron chi connectivity index (χ1n) is 4.54. The standard InChI is InChI=1S/C11H7N3O2/c1-6(15)9-11(16)10-7(3-2-4-13-10)8(5-12)14-9/h2-4,16H,1H3. The zero-order valence-corrected chi connectivity index (χ0v) is 8.43. The van der Waals surface area contributed by atoms with Crippen molar-refractivity contribution in [3.05, 3.63) is 29.7 Å². The quantitative estimate of drug-likeness (QED) is 0.723. The largest absolute Gasteiger partial charge is 0.504 e. The van der Waals surface area contributed by atoms with Gasteiger partial charge in [0.1, 0.15) is 11.6 Å². The minimum atomic E-state index is -0.401. The maximum absolute atomic E-state index is 11.2. The number of Topliss-reactive ketones (excluding diaryl/α,β-unsaturated/α-hetero) is 1. The van der Waals surface area contributed by atoms with Crippen molar-refractivity contribution in [1.29, 1.82) is 5.26 Å². The summed E-state index contributed by atoms with van der Waals surface area (Å²) >= 11 is 0. The zero-order chi connectivity index (χ0) is 11.7. The summed E-state index contributed by atoms with van der Waals surface area (Å²) in [5.41, 5.74) is 0.188. The molecule has 0 amide bonds. The van der Waals surface area contributed by atoms with E-state index in [1.165, 1.54) is 13.1 Å². The number of nitrogens with zero attached hydrogens (tertiary/aromatic N) is 3. The molecule has 0 radical (unpaired) electrons. The molecule has 0 atom stereocenters. The molecule has 2 aromatic heterocycles. The highest BCUT2D eigenvalue weighted by Gasteiger charge is 2.16. The van der Waals surface area contributed by atoms with Crippen molar-refractivity contribution < 1.29 is 9.90 Å². The third-order valence-corrected chi connectivity index (χ3v) is 2.17. The first-order valence-corrected chi connectivity index (χ1v) is 4.54. The molecule has 0 aliphatic heterocycles. The maximum Gasteiger partial charge on any atom is 0.182 e. The van der Waals surface area contributed by atoms with Crippen LogP contribution in [0.3, 0.4) is 0 Å². The van der Waals surface area contributed by atoms with Gasteiger partial charge in [-0.15, -0.1) is 0 Å². The number of aromatic hydroxyl groups is 1. The molecule has 78 valence electrons. The molecule has 1 N–H and O–H groups in total. The number of hydrogen-bond acceptors (Lipinski definition) is 5. The van der Waals surface area contributed by atoms with Gasteiger partial charge in [-0.1, -0.05) is 0 Å². The molecule has 0 aromatic carbocycles. The molecule has 16 heavy (non-hydrogen) atoms. The third kappa shape index (κ3) is 1.37. The first kappa shape index (κ1) is 10.1. The monoisotopic (exact) mass is 213 g/mol. The topological polar surface area (TPSA) is 86.9 Å². The Labute approximate surface area is 91.0 Å². The van der Waals surface area contributed by atoms with Crippen LogP contribution in [-0.2, 0) is 0 Å². The maximum atomic E-state index is 11.2. The van der Waals surface area contributed by atoms with E-state index < -0.39 is 5.78 Å². The molecule has 0 unspecified atom stereocenters. The molecule has 0 fully saturated rings. The number of rotatable bonds is 1. The van der Waals surface area contributed by atoms with Crippen LogP contribution in [0.25, 0.3) is 10.9 Å². The molecule has 0 aliphatic rings. The predicted octanol–water partition coefficient (Wildman–Crippen LogP) is 1.41. The Bertz CT molecular complexity index is 629. The highest BCUT2D eigenvalue weighted by Crippen LogP contribution is 2.27. The first-order chi connectivity index (χ1) is 7.65. The number of ketones is 1. The lowest BCUT2D eigenvalue weighted by atomic mass is 10.1. The van der Waals surface area contributed by atoms with Gasteiger partial charge in [-0.3, -0.25) is 9.78 Å². The Morgan fingerprint density at radius 1 is 1.56 bits per heavy atom. The zero-order valence-electron chi connectivity index (χ0n) is 8.43. The van der Waals surface area contributed by atoms with E-state index in [0.29, 0.717) is 5.39 Å². The number of aromatic nitrogens is 2. The van der Waals surface area contributed by atoms with E-state index in [1.807, 2.05) is 6.07 Å². The Hall–Kier alpha value is -2.48. The van der Waals surface area contributed by atoms with E-state index >= 15 is 0 Å². The molecular formula is C11H7N3O2. The van der Waals surface area contributed by atoms with Crippen molar-refractivity contribution in [1.82, 2.24) is 9.97 Å². The fraction of sp³-hybridized carbons (Fsp3) is 0.0909. The van der Waals surface area contributed by atoms with Gasteiger partial charge in [0.25, 0.3) is 0 Å². The Kier molecular flexibility index (Phi) is 2.25. The van der Waals surface area contributed by atoms with Crippen LogP contribution in [0.15, 0.2) is 18.3 Å². The van der Waals surface area contributed by atoms with Gasteiger partial charge in [-0.05, 0) is 12.1 Å². The Morgan fingerprint density at radius 3 is 2.94 bits per heavy atom. The van der Waals surface area contributed by atoms with Crippen LogP contribution in [0.2, 0.25) is 0 Å². The number of fused-ring (bicyclic) bond motifs is 1. The van der Waals surface area contributed by atoms with Crippen molar-refractivity contribution in [2.45, 2.75) is 6.92 Å². The fourth-order valence-corrected chi connectivity index (χ4v) is 1.45. The van der Waals surface area contributed by atoms with Gasteiger partial charge < -0.3 is 5.11 Å². The van der Waals surface area contributed by atoms with Crippen LogP contribution in [0.5, 0.6) is 5.75 Å². The molecule has 2 aromatic rings. The highest BCUT2D eigenvalue weighted by molar-refractivity contribution is 6.01. The molecule has 0 saturated heterocycles. The van der Waals surface area contributed by atoms with Gasteiger partial charge in [0, 0.05) is 18.5 Å². The third-order valence-electron chi connectivity index (χ3n) is 2.17. The summed E-state index contributed by atoms with van der Waals surface area (Å²) in [4.78, 5) is 19.0. The Morgan fingerprint density at radius 2 is 2.31 bits per heavy atom. The number of nitriles is 1. The molecule has 0 spiro atoms. The van der Waals surface area contributed by atoms with Gasteiger partial charge in [0.15, 0.2) is 22.9 Å². The molecule has 2 heterocycles. The molecular weight excluding hydrogens is 206 g/mol. The van der Waals surface area contributed by atoms with E-state index in [-0.39, 0.29) is 22.7 Å². The van der Waals surface area contributed by atoms with Crippen LogP contribution in [0.1, 0.15) is 23.1 Å². The molecule has 5 nitrogen and oxygen atoms in total. The summed E-state index contributed by atoms with van der Waals surface area (Å²) < 4.78 is 0. The minimum Gasteiger partial charge on any atom is -0.504 e. The summed E-state index contributed by atoms with van der Waals surface area (Å²) in [6, 6.07) is 5.14. The number of pyridine rings is 2. The lowest BCUT2D eigenvalue weighted by Gasteiger charge is -2.04. The van der Waals surface area contributed by atoms with E-state index in [0.717, 1.165) is 0 Å². The van der Waals surface area contributed by atoms with Crippen molar-refractivity contribution in [3.8, 4) is 11.8 Å². The second-order valence-electron chi connectivity index (χ2n) is 3.23. The van der Waals surface area contributed by atoms with Crippen molar-refractivity contribution in [2.24, 2.45) is 0 Å². The summed E-state index contributed by atoms with van der Waals surface area (Å²) in [7, 11) is 0. The van der Waals surface area contributed by atoms with Gasteiger partial charge in [0.05, 0.1) is 0 Å². The van der Waals surface area contributed by atoms with Crippen LogP contribution in [-0.4, -0.2) is 20.9 Å². The van der Waals surface area contributed by atoms with E-state index in [2.05, 4.69) is 9.97 Å². The van der Waals surface area contributed by atoms with E-state index in [1.54, 1.807) is 12.1 Å². The lowest BCUT2D eigenvalue weighted by Crippen LogP contribution is -2.01. The van der Waals surface area contributed by atoms with Crippen LogP contribution >= 0.6 is 0 Å². The second kappa shape index (κ2) is 3.59. The van der Waals surface area contributed by atoms with Crippen LogP contribution in [0, 0.1) is 11.3 Å². The van der Waals surface area contributed by atoms with Crippen LogP contribution < -0.4 is 0 Å². The van der Waals surface area contributed by atoms with Gasteiger partial charge in [-0.25, -0.2) is 4.98 Å². The SMILES string of the molecule is CC(=O)c1nc(C#N)c2cccnc2c1O. The van der Waals surface area contributed by atoms with Crippen molar-refractivity contribution >= 4 is 16.7 Å². The number of carbonyl (C=O) groups is 1.